The van der Waals surface area contributed by atoms with Crippen LogP contribution in [0.1, 0.15) is 29.5 Å². The van der Waals surface area contributed by atoms with Crippen molar-refractivity contribution in [3.63, 3.8) is 0 Å². The van der Waals surface area contributed by atoms with Crippen molar-refractivity contribution in [2.45, 2.75) is 14.0 Å². The van der Waals surface area contributed by atoms with Crippen molar-refractivity contribution in [2.75, 3.05) is 0 Å². The summed E-state index contributed by atoms with van der Waals surface area (Å²) in [6.07, 6.45) is 4.27. The zero-order valence-electron chi connectivity index (χ0n) is 13.3. The molecule has 0 aliphatic heterocycles. The summed E-state index contributed by atoms with van der Waals surface area (Å²) in [4.78, 5) is 13.0. The lowest BCUT2D eigenvalue weighted by atomic mass is 9.93. The molecule has 1 aromatic carbocycles. The predicted molar refractivity (Wildman–Crippen MR) is 118 cm³/mol. The van der Waals surface area contributed by atoms with Gasteiger partial charge in [0.05, 0.1) is 0 Å². The lowest BCUT2D eigenvalue weighted by Gasteiger charge is -2.19. The van der Waals surface area contributed by atoms with Crippen LogP contribution in [0.5, 0.6) is 0 Å². The summed E-state index contributed by atoms with van der Waals surface area (Å²) in [7, 11) is 0. The summed E-state index contributed by atoms with van der Waals surface area (Å²) < 4.78 is -3.82. The lowest BCUT2D eigenvalue weighted by molar-refractivity contribution is 0.833. The molecule has 0 bridgehead atoms. The molecule has 10 heteroatoms. The van der Waals surface area contributed by atoms with Gasteiger partial charge in [0, 0.05) is 16.9 Å². The van der Waals surface area contributed by atoms with E-state index in [1.165, 1.54) is 0 Å². The summed E-state index contributed by atoms with van der Waals surface area (Å²) in [5, 5.41) is 0. The van der Waals surface area contributed by atoms with Gasteiger partial charge in [0.15, 0.2) is 17.5 Å². The van der Waals surface area contributed by atoms with Gasteiger partial charge in [0.2, 0.25) is 7.59 Å². The first-order valence-corrected chi connectivity index (χ1v) is 10.1. The fourth-order valence-electron chi connectivity index (χ4n) is 2.40. The molecule has 1 aliphatic carbocycles. The number of hydrogen-bond acceptors (Lipinski definition) is 4. The maximum atomic E-state index is 5.92. The van der Waals surface area contributed by atoms with Crippen LogP contribution in [0.15, 0.2) is 42.5 Å². The molecule has 0 saturated heterocycles. The van der Waals surface area contributed by atoms with Crippen LogP contribution in [0.25, 0.3) is 11.1 Å². The highest BCUT2D eigenvalue weighted by molar-refractivity contribution is 7.81. The number of hydrogen-bond donors (Lipinski definition) is 0. The molecule has 0 amide bonds. The third-order valence-electron chi connectivity index (χ3n) is 3.63. The van der Waals surface area contributed by atoms with Gasteiger partial charge in [-0.3, -0.25) is 0 Å². The van der Waals surface area contributed by atoms with Crippen LogP contribution in [0.3, 0.4) is 0 Å². The van der Waals surface area contributed by atoms with Crippen molar-refractivity contribution in [2.24, 2.45) is 0 Å². The maximum Gasteiger partial charge on any atom is 0.250 e. The van der Waals surface area contributed by atoms with Crippen molar-refractivity contribution < 1.29 is 0 Å². The molecular formula is C17H9Cl6N3S. The smallest absolute Gasteiger partial charge is 0.209 e. The lowest BCUT2D eigenvalue weighted by Crippen LogP contribution is -2.19. The average Bonchev–Trinajstić information content (AvgIpc) is 2.60. The fourth-order valence-corrected chi connectivity index (χ4v) is 3.23. The van der Waals surface area contributed by atoms with E-state index in [-0.39, 0.29) is 17.5 Å². The SMILES string of the molecule is S=C1CC(c2ccccc2)=CC=C1c1nc(C(Cl)(Cl)Cl)nc(C(Cl)(Cl)Cl)n1. The molecule has 0 unspecified atom stereocenters. The van der Waals surface area contributed by atoms with Crippen molar-refractivity contribution in [3.8, 4) is 0 Å². The number of halogens is 6. The predicted octanol–water partition coefficient (Wildman–Crippen LogP) is 6.77. The van der Waals surface area contributed by atoms with Gasteiger partial charge in [-0.2, -0.15) is 0 Å². The second-order valence-electron chi connectivity index (χ2n) is 5.54. The zero-order valence-corrected chi connectivity index (χ0v) is 18.6. The number of nitrogens with zero attached hydrogens (tertiary/aromatic N) is 3. The minimum atomic E-state index is -1.91. The van der Waals surface area contributed by atoms with E-state index < -0.39 is 7.59 Å². The van der Waals surface area contributed by atoms with Gasteiger partial charge in [-0.05, 0) is 17.2 Å². The van der Waals surface area contributed by atoms with Crippen LogP contribution in [0, 0.1) is 0 Å². The van der Waals surface area contributed by atoms with Gasteiger partial charge in [0.25, 0.3) is 0 Å². The topological polar surface area (TPSA) is 38.7 Å². The number of alkyl halides is 6. The summed E-state index contributed by atoms with van der Waals surface area (Å²) >= 11 is 41.0. The Kier molecular flexibility index (Phi) is 6.39. The van der Waals surface area contributed by atoms with Crippen LogP contribution < -0.4 is 0 Å². The Morgan fingerprint density at radius 1 is 0.778 bits per heavy atom. The van der Waals surface area contributed by atoms with Gasteiger partial charge < -0.3 is 0 Å². The largest absolute Gasteiger partial charge is 0.250 e. The van der Waals surface area contributed by atoms with Crippen molar-refractivity contribution >= 4 is 97.8 Å². The molecule has 0 spiro atoms. The van der Waals surface area contributed by atoms with Crippen molar-refractivity contribution in [1.82, 2.24) is 15.0 Å². The van der Waals surface area contributed by atoms with Gasteiger partial charge in [-0.15, -0.1) is 0 Å². The first-order valence-electron chi connectivity index (χ1n) is 7.46. The molecule has 27 heavy (non-hydrogen) atoms. The highest BCUT2D eigenvalue weighted by Crippen LogP contribution is 2.41. The van der Waals surface area contributed by atoms with Gasteiger partial charge in [-0.25, -0.2) is 15.0 Å². The van der Waals surface area contributed by atoms with E-state index in [9.17, 15) is 0 Å². The van der Waals surface area contributed by atoms with Crippen molar-refractivity contribution in [1.29, 1.82) is 0 Å². The van der Waals surface area contributed by atoms with E-state index in [0.29, 0.717) is 16.9 Å². The van der Waals surface area contributed by atoms with Gasteiger partial charge in [0.1, 0.15) is 0 Å². The van der Waals surface area contributed by atoms with Crippen LogP contribution >= 0.6 is 81.8 Å². The Hall–Kier alpha value is -0.460. The normalized spacial score (nSPS) is 15.4. The minimum Gasteiger partial charge on any atom is -0.209 e. The summed E-state index contributed by atoms with van der Waals surface area (Å²) in [5.41, 5.74) is 2.73. The Balaban J connectivity index is 2.09. The molecular weight excluding hydrogens is 491 g/mol. The number of rotatable bonds is 2. The zero-order chi connectivity index (χ0) is 19.8. The molecule has 0 fully saturated rings. The Morgan fingerprint density at radius 3 is 1.81 bits per heavy atom. The highest BCUT2D eigenvalue weighted by Gasteiger charge is 2.34. The summed E-state index contributed by atoms with van der Waals surface area (Å²) in [6, 6.07) is 9.90. The first kappa shape index (κ1) is 21.3. The first-order chi connectivity index (χ1) is 12.6. The van der Waals surface area contributed by atoms with Gasteiger partial charge >= 0.3 is 0 Å². The molecule has 140 valence electrons. The second-order valence-corrected chi connectivity index (χ2v) is 10.6. The van der Waals surface area contributed by atoms with Gasteiger partial charge in [-0.1, -0.05) is 118 Å². The van der Waals surface area contributed by atoms with Crippen LogP contribution in [-0.2, 0) is 7.59 Å². The molecule has 3 nitrogen and oxygen atoms in total. The van der Waals surface area contributed by atoms with E-state index in [4.69, 9.17) is 81.8 Å². The molecule has 1 aliphatic rings. The number of thiocarbonyl (C=S) groups is 1. The Labute approximate surface area is 191 Å². The maximum absolute atomic E-state index is 5.92. The Bertz CT molecular complexity index is 913. The van der Waals surface area contributed by atoms with E-state index in [1.807, 2.05) is 36.4 Å². The van der Waals surface area contributed by atoms with Crippen molar-refractivity contribution in [3.05, 3.63) is 65.5 Å². The molecule has 1 heterocycles. The molecule has 1 aromatic heterocycles. The molecule has 2 aromatic rings. The van der Waals surface area contributed by atoms with E-state index in [1.54, 1.807) is 6.08 Å². The fraction of sp³-hybridized carbons (Fsp3) is 0.176. The second kappa shape index (κ2) is 8.11. The highest BCUT2D eigenvalue weighted by atomic mass is 35.6. The third kappa shape index (κ3) is 5.13. The standard InChI is InChI=1S/C17H9Cl6N3S/c18-16(19,20)14-24-13(25-15(26-14)17(21,22)23)11-7-6-10(8-12(11)27)9-4-2-1-3-5-9/h1-7H,8H2. The quantitative estimate of drug-likeness (QED) is 0.338. The monoisotopic (exact) mass is 497 g/mol. The van der Waals surface area contributed by atoms with E-state index >= 15 is 0 Å². The van der Waals surface area contributed by atoms with Crippen LogP contribution in [-0.4, -0.2) is 19.8 Å². The molecule has 0 saturated carbocycles. The molecule has 0 atom stereocenters. The summed E-state index contributed by atoms with van der Waals surface area (Å²) in [5.74, 6) is -0.123. The molecule has 0 radical (unpaired) electrons. The average molecular weight is 500 g/mol. The molecule has 0 N–H and O–H groups in total. The number of allylic oxidation sites excluding steroid dienone is 4. The van der Waals surface area contributed by atoms with Crippen LogP contribution in [0.4, 0.5) is 0 Å². The van der Waals surface area contributed by atoms with E-state index in [2.05, 4.69) is 15.0 Å². The van der Waals surface area contributed by atoms with Crippen LogP contribution in [0.2, 0.25) is 0 Å². The summed E-state index contributed by atoms with van der Waals surface area (Å²) in [6.45, 7) is 0. The third-order valence-corrected chi connectivity index (χ3v) is 5.01. The molecule has 3 rings (SSSR count). The number of aromatic nitrogens is 3. The van der Waals surface area contributed by atoms with E-state index in [0.717, 1.165) is 11.1 Å². The number of benzene rings is 1. The minimum absolute atomic E-state index is 0.152. The Morgan fingerprint density at radius 2 is 1.33 bits per heavy atom.